The van der Waals surface area contributed by atoms with Crippen molar-refractivity contribution < 1.29 is 4.79 Å². The smallest absolute Gasteiger partial charge is 0.255 e. The molecule has 1 amide bonds. The molecular formula is C17H22Cl2N4O. The molecule has 0 saturated heterocycles. The van der Waals surface area contributed by atoms with E-state index in [2.05, 4.69) is 10.4 Å². The van der Waals surface area contributed by atoms with Crippen molar-refractivity contribution in [1.82, 2.24) is 15.1 Å². The van der Waals surface area contributed by atoms with Gasteiger partial charge in [-0.3, -0.25) is 4.79 Å². The van der Waals surface area contributed by atoms with E-state index in [0.717, 1.165) is 37.1 Å². The Morgan fingerprint density at radius 2 is 2.04 bits per heavy atom. The van der Waals surface area contributed by atoms with Crippen LogP contribution in [0.25, 0.3) is 5.69 Å². The second-order valence-corrected chi connectivity index (χ2v) is 6.56. The molecule has 3 N–H and O–H groups in total. The first-order valence-corrected chi connectivity index (χ1v) is 8.26. The molecule has 7 heteroatoms. The van der Waals surface area contributed by atoms with Gasteiger partial charge in [-0.25, -0.2) is 4.68 Å². The summed E-state index contributed by atoms with van der Waals surface area (Å²) in [5.74, 6) is -0.117. The number of hydrogen-bond acceptors (Lipinski definition) is 3. The van der Waals surface area contributed by atoms with Crippen LogP contribution in [0.2, 0.25) is 5.02 Å². The molecule has 0 atom stereocenters. The molecule has 2 aromatic rings. The van der Waals surface area contributed by atoms with Crippen molar-refractivity contribution in [3.63, 3.8) is 0 Å². The molecule has 130 valence electrons. The molecule has 0 spiro atoms. The molecule has 1 aliphatic rings. The lowest BCUT2D eigenvalue weighted by Gasteiger charge is -2.28. The van der Waals surface area contributed by atoms with Gasteiger partial charge in [0.25, 0.3) is 5.91 Å². The van der Waals surface area contributed by atoms with Crippen molar-refractivity contribution >= 4 is 29.9 Å². The molecule has 0 radical (unpaired) electrons. The molecular weight excluding hydrogens is 347 g/mol. The second kappa shape index (κ2) is 7.55. The van der Waals surface area contributed by atoms with Gasteiger partial charge in [-0.15, -0.1) is 12.4 Å². The maximum Gasteiger partial charge on any atom is 0.255 e. The monoisotopic (exact) mass is 368 g/mol. The molecule has 1 fully saturated rings. The Balaban J connectivity index is 0.00000208. The second-order valence-electron chi connectivity index (χ2n) is 6.15. The highest BCUT2D eigenvalue weighted by Crippen LogP contribution is 2.29. The van der Waals surface area contributed by atoms with Gasteiger partial charge in [-0.05, 0) is 31.9 Å². The lowest BCUT2D eigenvalue weighted by Crippen LogP contribution is -2.51. The van der Waals surface area contributed by atoms with Crippen LogP contribution in [0.3, 0.4) is 0 Å². The van der Waals surface area contributed by atoms with E-state index in [1.54, 1.807) is 16.9 Å². The fraction of sp³-hybridized carbons (Fsp3) is 0.412. The lowest BCUT2D eigenvalue weighted by atomic mass is 9.97. The maximum atomic E-state index is 12.7. The zero-order chi connectivity index (χ0) is 16.4. The van der Waals surface area contributed by atoms with Crippen molar-refractivity contribution in [2.45, 2.75) is 38.1 Å². The van der Waals surface area contributed by atoms with Gasteiger partial charge in [0.1, 0.15) is 0 Å². The largest absolute Gasteiger partial charge is 0.345 e. The lowest BCUT2D eigenvalue weighted by molar-refractivity contribution is 0.0902. The van der Waals surface area contributed by atoms with Crippen LogP contribution in [-0.4, -0.2) is 27.8 Å². The van der Waals surface area contributed by atoms with Gasteiger partial charge in [0.15, 0.2) is 0 Å². The number of aromatic nitrogens is 2. The highest BCUT2D eigenvalue weighted by atomic mass is 35.5. The van der Waals surface area contributed by atoms with E-state index in [1.165, 1.54) is 0 Å². The maximum absolute atomic E-state index is 12.7. The molecule has 24 heavy (non-hydrogen) atoms. The quantitative estimate of drug-likeness (QED) is 0.869. The van der Waals surface area contributed by atoms with Crippen molar-refractivity contribution in [2.75, 3.05) is 6.54 Å². The van der Waals surface area contributed by atoms with Crippen molar-refractivity contribution in [3.8, 4) is 5.69 Å². The minimum absolute atomic E-state index is 0. The number of amides is 1. The summed E-state index contributed by atoms with van der Waals surface area (Å²) in [5, 5.41) is 8.06. The van der Waals surface area contributed by atoms with Crippen LogP contribution in [0.4, 0.5) is 0 Å². The summed E-state index contributed by atoms with van der Waals surface area (Å²) in [6.07, 6.45) is 5.68. The van der Waals surface area contributed by atoms with Crippen LogP contribution in [0.1, 0.15) is 41.7 Å². The van der Waals surface area contributed by atoms with E-state index in [1.807, 2.05) is 25.1 Å². The number of hydrogen-bond donors (Lipinski definition) is 2. The summed E-state index contributed by atoms with van der Waals surface area (Å²) >= 11 is 6.22. The van der Waals surface area contributed by atoms with E-state index >= 15 is 0 Å². The van der Waals surface area contributed by atoms with E-state index in [0.29, 0.717) is 17.1 Å². The summed E-state index contributed by atoms with van der Waals surface area (Å²) in [6, 6.07) is 7.44. The van der Waals surface area contributed by atoms with Crippen molar-refractivity contribution in [2.24, 2.45) is 5.73 Å². The molecule has 1 aliphatic carbocycles. The Morgan fingerprint density at radius 3 is 2.67 bits per heavy atom. The number of halogens is 2. The highest BCUT2D eigenvalue weighted by Gasteiger charge is 2.34. The van der Waals surface area contributed by atoms with Crippen LogP contribution in [0.15, 0.2) is 30.5 Å². The van der Waals surface area contributed by atoms with Gasteiger partial charge in [0.2, 0.25) is 0 Å². The third kappa shape index (κ3) is 3.43. The van der Waals surface area contributed by atoms with Crippen LogP contribution in [0, 0.1) is 6.92 Å². The van der Waals surface area contributed by atoms with E-state index in [-0.39, 0.29) is 23.9 Å². The third-order valence-electron chi connectivity index (χ3n) is 4.67. The van der Waals surface area contributed by atoms with Gasteiger partial charge < -0.3 is 11.1 Å². The average molecular weight is 369 g/mol. The van der Waals surface area contributed by atoms with Crippen LogP contribution in [0.5, 0.6) is 0 Å². The fourth-order valence-corrected chi connectivity index (χ4v) is 3.45. The van der Waals surface area contributed by atoms with E-state index in [9.17, 15) is 4.79 Å². The van der Waals surface area contributed by atoms with Crippen molar-refractivity contribution in [3.05, 3.63) is 46.7 Å². The summed E-state index contributed by atoms with van der Waals surface area (Å²) in [6.45, 7) is 2.34. The molecule has 3 rings (SSSR count). The fourth-order valence-electron chi connectivity index (χ4n) is 3.24. The Kier molecular flexibility index (Phi) is 5.91. The predicted molar refractivity (Wildman–Crippen MR) is 98.3 cm³/mol. The first-order valence-electron chi connectivity index (χ1n) is 7.88. The average Bonchev–Trinajstić information content (AvgIpc) is 3.15. The predicted octanol–water partition coefficient (Wildman–Crippen LogP) is 3.26. The highest BCUT2D eigenvalue weighted by molar-refractivity contribution is 6.32. The minimum Gasteiger partial charge on any atom is -0.345 e. The first-order chi connectivity index (χ1) is 11.1. The minimum atomic E-state index is -0.268. The standard InChI is InChI=1S/C17H21ClN4O.ClH/c1-12-13(16(23)21-17(11-19)8-4-5-9-17)10-20-22(12)15-7-3-2-6-14(15)18;/h2-3,6-7,10H,4-5,8-9,11,19H2,1H3,(H,21,23);1H. The number of nitrogens with two attached hydrogens (primary N) is 1. The number of nitrogens with one attached hydrogen (secondary N) is 1. The van der Waals surface area contributed by atoms with Crippen LogP contribution in [-0.2, 0) is 0 Å². The summed E-state index contributed by atoms with van der Waals surface area (Å²) < 4.78 is 1.70. The molecule has 1 aromatic carbocycles. The van der Waals surface area contributed by atoms with Crippen LogP contribution < -0.4 is 11.1 Å². The normalized spacial score (nSPS) is 15.8. The number of rotatable bonds is 4. The Hall–Kier alpha value is -1.56. The summed E-state index contributed by atoms with van der Waals surface area (Å²) in [7, 11) is 0. The first kappa shape index (κ1) is 18.8. The topological polar surface area (TPSA) is 72.9 Å². The van der Waals surface area contributed by atoms with Gasteiger partial charge in [0, 0.05) is 6.54 Å². The number of carbonyl (C=O) groups excluding carboxylic acids is 1. The van der Waals surface area contributed by atoms with E-state index < -0.39 is 0 Å². The van der Waals surface area contributed by atoms with Gasteiger partial charge in [-0.2, -0.15) is 5.10 Å². The molecule has 1 heterocycles. The number of benzene rings is 1. The number of carbonyl (C=O) groups is 1. The Labute approximate surface area is 153 Å². The molecule has 5 nitrogen and oxygen atoms in total. The molecule has 0 bridgehead atoms. The van der Waals surface area contributed by atoms with Gasteiger partial charge in [-0.1, -0.05) is 36.6 Å². The summed E-state index contributed by atoms with van der Waals surface area (Å²) in [5.41, 5.74) is 7.72. The van der Waals surface area contributed by atoms with Crippen molar-refractivity contribution in [1.29, 1.82) is 0 Å². The van der Waals surface area contributed by atoms with E-state index in [4.69, 9.17) is 17.3 Å². The number of para-hydroxylation sites is 1. The SMILES string of the molecule is Cc1c(C(=O)NC2(CN)CCCC2)cnn1-c1ccccc1Cl.Cl. The molecule has 1 aromatic heterocycles. The zero-order valence-electron chi connectivity index (χ0n) is 13.6. The third-order valence-corrected chi connectivity index (χ3v) is 4.98. The Morgan fingerprint density at radius 1 is 1.38 bits per heavy atom. The summed E-state index contributed by atoms with van der Waals surface area (Å²) in [4.78, 5) is 12.7. The molecule has 0 aliphatic heterocycles. The Bertz CT molecular complexity index is 723. The van der Waals surface area contributed by atoms with Crippen LogP contribution >= 0.6 is 24.0 Å². The zero-order valence-corrected chi connectivity index (χ0v) is 15.2. The molecule has 0 unspecified atom stereocenters. The molecule has 1 saturated carbocycles. The van der Waals surface area contributed by atoms with Gasteiger partial charge in [0.05, 0.1) is 33.7 Å². The number of nitrogens with zero attached hydrogens (tertiary/aromatic N) is 2. The van der Waals surface area contributed by atoms with Gasteiger partial charge >= 0.3 is 0 Å².